The number of aliphatic hydroxyl groups excluding tert-OH is 1. The quantitative estimate of drug-likeness (QED) is 0.637. The van der Waals surface area contributed by atoms with Crippen molar-refractivity contribution in [1.29, 1.82) is 0 Å². The van der Waals surface area contributed by atoms with E-state index in [1.54, 1.807) is 16.8 Å². The number of likely N-dealkylation sites (tertiary alicyclic amines) is 1. The monoisotopic (exact) mass is 445 g/mol. The molecule has 8 nitrogen and oxygen atoms in total. The molecule has 0 saturated carbocycles. The highest BCUT2D eigenvalue weighted by Gasteiger charge is 2.75. The third-order valence-electron chi connectivity index (χ3n) is 7.81. The van der Waals surface area contributed by atoms with Crippen LogP contribution in [0.5, 0.6) is 0 Å². The van der Waals surface area contributed by atoms with E-state index in [1.807, 2.05) is 52.0 Å². The van der Waals surface area contributed by atoms with Crippen LogP contribution in [-0.2, 0) is 19.1 Å². The van der Waals surface area contributed by atoms with Crippen LogP contribution in [0.3, 0.4) is 0 Å². The predicted molar refractivity (Wildman–Crippen MR) is 118 cm³/mol. The largest absolute Gasteiger partial charge is 0.394 e. The minimum atomic E-state index is -1.25. The van der Waals surface area contributed by atoms with E-state index in [4.69, 9.17) is 4.74 Å². The van der Waals surface area contributed by atoms with Crippen molar-refractivity contribution in [2.75, 3.05) is 26.7 Å². The summed E-state index contributed by atoms with van der Waals surface area (Å²) in [4.78, 5) is 46.4. The molecule has 32 heavy (non-hydrogen) atoms. The average molecular weight is 446 g/mol. The van der Waals surface area contributed by atoms with Crippen LogP contribution in [0.1, 0.15) is 40.5 Å². The van der Waals surface area contributed by atoms with E-state index in [1.165, 1.54) is 4.90 Å². The molecule has 0 aliphatic carbocycles. The smallest absolute Gasteiger partial charge is 0.249 e. The van der Waals surface area contributed by atoms with Crippen LogP contribution in [0.25, 0.3) is 0 Å². The van der Waals surface area contributed by atoms with Gasteiger partial charge in [0.1, 0.15) is 11.6 Å². The Morgan fingerprint density at radius 3 is 2.34 bits per heavy atom. The van der Waals surface area contributed by atoms with Crippen molar-refractivity contribution in [3.63, 3.8) is 0 Å². The molecule has 6 atom stereocenters. The Bertz CT molecular complexity index is 866. The first-order valence-corrected chi connectivity index (χ1v) is 11.7. The molecule has 2 fully saturated rings. The zero-order valence-corrected chi connectivity index (χ0v) is 19.7. The number of amides is 3. The minimum Gasteiger partial charge on any atom is -0.394 e. The Balaban J connectivity index is 1.95. The van der Waals surface area contributed by atoms with Crippen LogP contribution in [0.15, 0.2) is 24.3 Å². The lowest BCUT2D eigenvalue weighted by Crippen LogP contribution is -2.59. The molecule has 0 radical (unpaired) electrons. The number of rotatable bonds is 5. The summed E-state index contributed by atoms with van der Waals surface area (Å²) >= 11 is 0. The van der Waals surface area contributed by atoms with E-state index < -0.39 is 35.1 Å². The summed E-state index contributed by atoms with van der Waals surface area (Å²) in [6.07, 6.45) is 8.61. The van der Waals surface area contributed by atoms with Gasteiger partial charge >= 0.3 is 0 Å². The maximum atomic E-state index is 14.1. The molecule has 176 valence electrons. The molecule has 2 saturated heterocycles. The van der Waals surface area contributed by atoms with Gasteiger partial charge in [-0.1, -0.05) is 38.2 Å². The highest BCUT2D eigenvalue weighted by molar-refractivity contribution is 6.00. The van der Waals surface area contributed by atoms with Crippen LogP contribution in [0, 0.1) is 11.8 Å². The van der Waals surface area contributed by atoms with Gasteiger partial charge in [-0.2, -0.15) is 0 Å². The lowest BCUT2D eigenvalue weighted by atomic mass is 9.73. The summed E-state index contributed by atoms with van der Waals surface area (Å²) in [5, 5.41) is 10.1. The molecule has 4 heterocycles. The molecule has 3 amide bonds. The summed E-state index contributed by atoms with van der Waals surface area (Å²) in [6, 6.07) is -1.50. The topological polar surface area (TPSA) is 90.4 Å². The summed E-state index contributed by atoms with van der Waals surface area (Å²) in [7, 11) is 1.73. The minimum absolute atomic E-state index is 0.0628. The second kappa shape index (κ2) is 7.99. The Kier molecular flexibility index (Phi) is 5.74. The Hall–Kier alpha value is -2.19. The van der Waals surface area contributed by atoms with Gasteiger partial charge in [0.05, 0.1) is 30.1 Å². The molecule has 0 aromatic heterocycles. The summed E-state index contributed by atoms with van der Waals surface area (Å²) < 4.78 is 6.82. The first-order valence-electron chi connectivity index (χ1n) is 11.7. The number of likely N-dealkylation sites (N-methyl/N-ethyl adjacent to an activating group) is 1. The number of aliphatic hydroxyl groups is 1. The number of ether oxygens (including phenoxy) is 1. The van der Waals surface area contributed by atoms with Crippen LogP contribution < -0.4 is 0 Å². The van der Waals surface area contributed by atoms with Gasteiger partial charge in [-0.25, -0.2) is 0 Å². The number of nitrogens with zero attached hydrogens (tertiary/aromatic N) is 3. The molecular formula is C24H35N3O5. The highest BCUT2D eigenvalue weighted by atomic mass is 16.5. The highest BCUT2D eigenvalue weighted by Crippen LogP contribution is 2.58. The van der Waals surface area contributed by atoms with Crippen LogP contribution in [0.4, 0.5) is 0 Å². The van der Waals surface area contributed by atoms with Gasteiger partial charge in [-0.3, -0.25) is 14.4 Å². The molecular weight excluding hydrogens is 410 g/mol. The van der Waals surface area contributed by atoms with E-state index >= 15 is 0 Å². The number of hydrogen-bond donors (Lipinski definition) is 1. The Labute approximate surface area is 189 Å². The standard InChI is InChI=1S/C24H35N3O5/c1-6-16(14-28)27-19-22(31)26(15(3)4)13-9-11-24(19)18(21(27)30)17-20(29)25(5)12-8-10-23(17,7-2)32-24/h8-11,15-19,28H,6-7,12-14H2,1-5H3/t16-,17+,18-,19?,23-,24-/m0/s1. The zero-order valence-electron chi connectivity index (χ0n) is 19.7. The number of carbonyl (C=O) groups excluding carboxylic acids is 3. The molecule has 4 aliphatic rings. The number of hydrogen-bond acceptors (Lipinski definition) is 5. The van der Waals surface area contributed by atoms with Gasteiger partial charge in [0.2, 0.25) is 17.7 Å². The van der Waals surface area contributed by atoms with Gasteiger partial charge in [-0.15, -0.1) is 0 Å². The zero-order chi connectivity index (χ0) is 23.4. The van der Waals surface area contributed by atoms with E-state index in [9.17, 15) is 19.5 Å². The average Bonchev–Trinajstić information content (AvgIpc) is 3.06. The van der Waals surface area contributed by atoms with E-state index in [-0.39, 0.29) is 30.4 Å². The normalized spacial score (nSPS) is 37.5. The maximum absolute atomic E-state index is 14.1. The van der Waals surface area contributed by atoms with Crippen molar-refractivity contribution in [3.05, 3.63) is 24.3 Å². The summed E-state index contributed by atoms with van der Waals surface area (Å²) in [5.74, 6) is -2.17. The molecule has 1 N–H and O–H groups in total. The van der Waals surface area contributed by atoms with Gasteiger partial charge < -0.3 is 24.5 Å². The first-order chi connectivity index (χ1) is 15.2. The van der Waals surface area contributed by atoms with Gasteiger partial charge in [0.15, 0.2) is 0 Å². The molecule has 1 unspecified atom stereocenters. The van der Waals surface area contributed by atoms with Crippen molar-refractivity contribution in [2.45, 2.75) is 69.9 Å². The summed E-state index contributed by atoms with van der Waals surface area (Å²) in [6.45, 7) is 8.34. The van der Waals surface area contributed by atoms with Gasteiger partial charge in [0.25, 0.3) is 0 Å². The van der Waals surface area contributed by atoms with Crippen LogP contribution >= 0.6 is 0 Å². The van der Waals surface area contributed by atoms with E-state index in [0.717, 1.165) is 0 Å². The van der Waals surface area contributed by atoms with Gasteiger partial charge in [0, 0.05) is 26.2 Å². The number of fused-ring (bicyclic) bond motifs is 2. The lowest BCUT2D eigenvalue weighted by Gasteiger charge is -2.41. The first kappa shape index (κ1) is 23.0. The molecule has 0 bridgehead atoms. The molecule has 4 aliphatic heterocycles. The number of carbonyl (C=O) groups is 3. The molecule has 1 spiro atoms. The lowest BCUT2D eigenvalue weighted by molar-refractivity contribution is -0.157. The second-order valence-electron chi connectivity index (χ2n) is 9.72. The van der Waals surface area contributed by atoms with E-state index in [2.05, 4.69) is 0 Å². The van der Waals surface area contributed by atoms with Gasteiger partial charge in [-0.05, 0) is 26.7 Å². The molecule has 4 rings (SSSR count). The Morgan fingerprint density at radius 2 is 1.75 bits per heavy atom. The van der Waals surface area contributed by atoms with Crippen molar-refractivity contribution >= 4 is 17.7 Å². The third kappa shape index (κ3) is 2.91. The second-order valence-corrected chi connectivity index (χ2v) is 9.72. The molecule has 0 aromatic rings. The maximum Gasteiger partial charge on any atom is 0.249 e. The SMILES string of the molecule is CC[C@@H](CO)N1C(=O)[C@@H]2[C@@H]3C(=O)N(C)CC=C[C@]3(CC)O[C@@]23C=CCN(C(C)C)C(=O)C13. The van der Waals surface area contributed by atoms with Crippen molar-refractivity contribution in [3.8, 4) is 0 Å². The van der Waals surface area contributed by atoms with Crippen molar-refractivity contribution < 1.29 is 24.2 Å². The van der Waals surface area contributed by atoms with E-state index in [0.29, 0.717) is 25.9 Å². The third-order valence-corrected chi connectivity index (χ3v) is 7.81. The van der Waals surface area contributed by atoms with Crippen molar-refractivity contribution in [1.82, 2.24) is 14.7 Å². The summed E-state index contributed by atoms with van der Waals surface area (Å²) in [5.41, 5.74) is -2.20. The predicted octanol–water partition coefficient (Wildman–Crippen LogP) is 0.953. The fourth-order valence-electron chi connectivity index (χ4n) is 6.11. The Morgan fingerprint density at radius 1 is 1.06 bits per heavy atom. The van der Waals surface area contributed by atoms with Crippen molar-refractivity contribution in [2.24, 2.45) is 11.8 Å². The van der Waals surface area contributed by atoms with Crippen LogP contribution in [0.2, 0.25) is 0 Å². The fourth-order valence-corrected chi connectivity index (χ4v) is 6.11. The fraction of sp³-hybridized carbons (Fsp3) is 0.708. The molecule has 8 heteroatoms. The van der Waals surface area contributed by atoms with Crippen LogP contribution in [-0.4, -0.2) is 93.6 Å². The molecule has 0 aromatic carbocycles.